The smallest absolute Gasteiger partial charge is 0.379 e. The predicted molar refractivity (Wildman–Crippen MR) is 82.7 cm³/mol. The highest BCUT2D eigenvalue weighted by Crippen LogP contribution is 2.30. The van der Waals surface area contributed by atoms with Crippen molar-refractivity contribution in [3.8, 4) is 11.4 Å². The van der Waals surface area contributed by atoms with Crippen LogP contribution < -0.4 is 0 Å². The van der Waals surface area contributed by atoms with Gasteiger partial charge in [0.15, 0.2) is 0 Å². The fourth-order valence-electron chi connectivity index (χ4n) is 3.05. The standard InChI is InChI=1S/C17H19F3N2O2/c1-23-15-11-24-9-6-14(15)22-8-7-21-16(22)13-4-2-12(3-5-13)10-17(18,19)20/h2-5,7-8,14-15H,6,9-11H2,1H3/t14-,15-/m0/s1. The van der Waals surface area contributed by atoms with Crippen LogP contribution in [0.1, 0.15) is 18.0 Å². The molecule has 2 heterocycles. The van der Waals surface area contributed by atoms with E-state index < -0.39 is 12.6 Å². The van der Waals surface area contributed by atoms with Crippen molar-refractivity contribution in [1.29, 1.82) is 0 Å². The van der Waals surface area contributed by atoms with E-state index in [0.717, 1.165) is 17.8 Å². The first-order chi connectivity index (χ1) is 11.5. The summed E-state index contributed by atoms with van der Waals surface area (Å²) in [5.74, 6) is 0.725. The van der Waals surface area contributed by atoms with Crippen LogP contribution in [0.25, 0.3) is 11.4 Å². The molecule has 3 rings (SSSR count). The Morgan fingerprint density at radius 3 is 2.71 bits per heavy atom. The van der Waals surface area contributed by atoms with Crippen molar-refractivity contribution in [2.24, 2.45) is 0 Å². The van der Waals surface area contributed by atoms with Gasteiger partial charge in [-0.25, -0.2) is 4.98 Å². The Balaban J connectivity index is 1.84. The molecule has 4 nitrogen and oxygen atoms in total. The third-order valence-electron chi connectivity index (χ3n) is 4.21. The fraction of sp³-hybridized carbons (Fsp3) is 0.471. The van der Waals surface area contributed by atoms with Gasteiger partial charge in [-0.3, -0.25) is 0 Å². The van der Waals surface area contributed by atoms with Crippen LogP contribution >= 0.6 is 0 Å². The van der Waals surface area contributed by atoms with Gasteiger partial charge in [0.1, 0.15) is 11.9 Å². The molecule has 2 aromatic rings. The molecule has 0 amide bonds. The SMILES string of the molecule is CO[C@H]1COCC[C@@H]1n1ccnc1-c1ccc(CC(F)(F)F)cc1. The number of rotatable bonds is 4. The molecule has 1 aliphatic heterocycles. The second-order valence-corrected chi connectivity index (χ2v) is 5.85. The summed E-state index contributed by atoms with van der Waals surface area (Å²) in [6.07, 6.45) is -0.826. The number of hydrogen-bond donors (Lipinski definition) is 0. The summed E-state index contributed by atoms with van der Waals surface area (Å²) >= 11 is 0. The summed E-state index contributed by atoms with van der Waals surface area (Å²) in [5.41, 5.74) is 1.03. The maximum atomic E-state index is 12.5. The Bertz CT molecular complexity index is 667. The average Bonchev–Trinajstić information content (AvgIpc) is 3.03. The Kier molecular flexibility index (Phi) is 4.91. The Labute approximate surface area is 138 Å². The lowest BCUT2D eigenvalue weighted by Gasteiger charge is -2.32. The monoisotopic (exact) mass is 340 g/mol. The summed E-state index contributed by atoms with van der Waals surface area (Å²) in [6.45, 7) is 1.16. The normalized spacial score (nSPS) is 21.8. The van der Waals surface area contributed by atoms with E-state index in [-0.39, 0.29) is 17.7 Å². The molecule has 7 heteroatoms. The fourth-order valence-corrected chi connectivity index (χ4v) is 3.05. The average molecular weight is 340 g/mol. The lowest BCUT2D eigenvalue weighted by molar-refractivity contribution is -0.127. The van der Waals surface area contributed by atoms with Gasteiger partial charge >= 0.3 is 6.18 Å². The predicted octanol–water partition coefficient (Wildman–Crippen LogP) is 3.63. The van der Waals surface area contributed by atoms with Gasteiger partial charge in [-0.15, -0.1) is 0 Å². The first-order valence-corrected chi connectivity index (χ1v) is 7.77. The zero-order chi connectivity index (χ0) is 17.2. The molecule has 1 saturated heterocycles. The van der Waals surface area contributed by atoms with Crippen molar-refractivity contribution in [2.75, 3.05) is 20.3 Å². The largest absolute Gasteiger partial charge is 0.393 e. The van der Waals surface area contributed by atoms with Crippen LogP contribution in [-0.2, 0) is 15.9 Å². The number of benzene rings is 1. The van der Waals surface area contributed by atoms with E-state index in [1.54, 1.807) is 25.4 Å². The zero-order valence-corrected chi connectivity index (χ0v) is 13.3. The van der Waals surface area contributed by atoms with Gasteiger partial charge < -0.3 is 14.0 Å². The maximum Gasteiger partial charge on any atom is 0.393 e. The van der Waals surface area contributed by atoms with E-state index in [1.165, 1.54) is 12.1 Å². The molecule has 1 aromatic carbocycles. The quantitative estimate of drug-likeness (QED) is 0.853. The lowest BCUT2D eigenvalue weighted by Crippen LogP contribution is -2.35. The van der Waals surface area contributed by atoms with Crippen LogP contribution in [0.3, 0.4) is 0 Å². The number of imidazole rings is 1. The molecular formula is C17H19F3N2O2. The van der Waals surface area contributed by atoms with Gasteiger partial charge in [0, 0.05) is 31.7 Å². The van der Waals surface area contributed by atoms with Crippen LogP contribution in [0.15, 0.2) is 36.7 Å². The molecule has 0 saturated carbocycles. The van der Waals surface area contributed by atoms with Crippen LogP contribution in [0.5, 0.6) is 0 Å². The number of alkyl halides is 3. The summed E-state index contributed by atoms with van der Waals surface area (Å²) < 4.78 is 50.3. The molecule has 1 aromatic heterocycles. The molecule has 0 N–H and O–H groups in total. The summed E-state index contributed by atoms with van der Waals surface area (Å²) in [7, 11) is 1.65. The minimum absolute atomic E-state index is 0.0730. The summed E-state index contributed by atoms with van der Waals surface area (Å²) in [5, 5.41) is 0. The van der Waals surface area contributed by atoms with Gasteiger partial charge in [0.2, 0.25) is 0 Å². The third-order valence-corrected chi connectivity index (χ3v) is 4.21. The first kappa shape index (κ1) is 17.0. The van der Waals surface area contributed by atoms with Gasteiger partial charge in [-0.05, 0) is 12.0 Å². The molecule has 24 heavy (non-hydrogen) atoms. The molecule has 130 valence electrons. The van der Waals surface area contributed by atoms with Crippen LogP contribution in [-0.4, -0.2) is 42.2 Å². The summed E-state index contributed by atoms with van der Waals surface area (Å²) in [4.78, 5) is 4.38. The van der Waals surface area contributed by atoms with Crippen LogP contribution in [0, 0.1) is 0 Å². The second kappa shape index (κ2) is 6.94. The van der Waals surface area contributed by atoms with E-state index in [1.807, 2.05) is 10.8 Å². The third kappa shape index (κ3) is 3.79. The number of halogens is 3. The van der Waals surface area contributed by atoms with Crippen molar-refractivity contribution in [2.45, 2.75) is 31.2 Å². The van der Waals surface area contributed by atoms with Crippen molar-refractivity contribution in [3.05, 3.63) is 42.2 Å². The number of ether oxygens (including phenoxy) is 2. The van der Waals surface area contributed by atoms with Crippen molar-refractivity contribution in [1.82, 2.24) is 9.55 Å². The topological polar surface area (TPSA) is 36.3 Å². The minimum Gasteiger partial charge on any atom is -0.379 e. The Morgan fingerprint density at radius 2 is 2.04 bits per heavy atom. The van der Waals surface area contributed by atoms with Crippen molar-refractivity contribution in [3.63, 3.8) is 0 Å². The number of methoxy groups -OCH3 is 1. The number of hydrogen-bond acceptors (Lipinski definition) is 3. The number of nitrogens with zero attached hydrogens (tertiary/aromatic N) is 2. The second-order valence-electron chi connectivity index (χ2n) is 5.85. The Hall–Kier alpha value is -1.86. The highest BCUT2D eigenvalue weighted by Gasteiger charge is 2.29. The Morgan fingerprint density at radius 1 is 1.29 bits per heavy atom. The molecule has 1 aliphatic rings. The molecule has 0 unspecified atom stereocenters. The molecule has 2 atom stereocenters. The van der Waals surface area contributed by atoms with Gasteiger partial charge in [0.05, 0.1) is 19.1 Å². The maximum absolute atomic E-state index is 12.5. The van der Waals surface area contributed by atoms with E-state index in [0.29, 0.717) is 13.2 Å². The molecule has 0 radical (unpaired) electrons. The highest BCUT2D eigenvalue weighted by molar-refractivity contribution is 5.56. The number of aromatic nitrogens is 2. The van der Waals surface area contributed by atoms with Crippen molar-refractivity contribution < 1.29 is 22.6 Å². The molecular weight excluding hydrogens is 321 g/mol. The van der Waals surface area contributed by atoms with Gasteiger partial charge in [0.25, 0.3) is 0 Å². The van der Waals surface area contributed by atoms with Crippen LogP contribution in [0.2, 0.25) is 0 Å². The lowest BCUT2D eigenvalue weighted by atomic mass is 10.0. The van der Waals surface area contributed by atoms with Crippen LogP contribution in [0.4, 0.5) is 13.2 Å². The molecule has 0 aliphatic carbocycles. The van der Waals surface area contributed by atoms with E-state index >= 15 is 0 Å². The zero-order valence-electron chi connectivity index (χ0n) is 13.3. The van der Waals surface area contributed by atoms with E-state index in [4.69, 9.17) is 9.47 Å². The van der Waals surface area contributed by atoms with Gasteiger partial charge in [-0.1, -0.05) is 24.3 Å². The first-order valence-electron chi connectivity index (χ1n) is 7.77. The van der Waals surface area contributed by atoms with E-state index in [2.05, 4.69) is 4.98 Å². The molecule has 0 spiro atoms. The van der Waals surface area contributed by atoms with E-state index in [9.17, 15) is 13.2 Å². The van der Waals surface area contributed by atoms with Gasteiger partial charge in [-0.2, -0.15) is 13.2 Å². The summed E-state index contributed by atoms with van der Waals surface area (Å²) in [6, 6.07) is 6.46. The van der Waals surface area contributed by atoms with Crippen molar-refractivity contribution >= 4 is 0 Å². The highest BCUT2D eigenvalue weighted by atomic mass is 19.4. The molecule has 1 fully saturated rings. The minimum atomic E-state index is -4.20. The molecule has 0 bridgehead atoms.